The summed E-state index contributed by atoms with van der Waals surface area (Å²) < 4.78 is 0. The highest BCUT2D eigenvalue weighted by atomic mass is 35.5. The summed E-state index contributed by atoms with van der Waals surface area (Å²) in [6.07, 6.45) is 4.44. The largest absolute Gasteiger partial charge is 0.351 e. The van der Waals surface area contributed by atoms with E-state index in [1.165, 1.54) is 6.42 Å². The van der Waals surface area contributed by atoms with Gasteiger partial charge in [-0.3, -0.25) is 14.5 Å². The zero-order valence-corrected chi connectivity index (χ0v) is 16.1. The van der Waals surface area contributed by atoms with Crippen molar-refractivity contribution in [2.45, 2.75) is 44.3 Å². The van der Waals surface area contributed by atoms with Crippen LogP contribution in [0.5, 0.6) is 0 Å². The Labute approximate surface area is 161 Å². The SMILES string of the molecule is CNC1CCCN(CC(=O)NCc2cccc(C(=O)NC3CC3)c2)C1.Cl. The number of nitrogens with zero attached hydrogens (tertiary/aromatic N) is 1. The second-order valence-electron chi connectivity index (χ2n) is 7.09. The van der Waals surface area contributed by atoms with Crippen molar-refractivity contribution >= 4 is 24.2 Å². The zero-order chi connectivity index (χ0) is 17.6. The van der Waals surface area contributed by atoms with Gasteiger partial charge in [0.05, 0.1) is 6.54 Å². The van der Waals surface area contributed by atoms with Crippen LogP contribution in [0, 0.1) is 0 Å². The van der Waals surface area contributed by atoms with Crippen molar-refractivity contribution in [3.8, 4) is 0 Å². The van der Waals surface area contributed by atoms with Crippen molar-refractivity contribution in [1.82, 2.24) is 20.9 Å². The van der Waals surface area contributed by atoms with Crippen molar-refractivity contribution < 1.29 is 9.59 Å². The summed E-state index contributed by atoms with van der Waals surface area (Å²) in [7, 11) is 1.97. The third-order valence-electron chi connectivity index (χ3n) is 4.87. The highest BCUT2D eigenvalue weighted by Crippen LogP contribution is 2.19. The molecule has 0 aromatic heterocycles. The van der Waals surface area contributed by atoms with Crippen LogP contribution in [0.3, 0.4) is 0 Å². The van der Waals surface area contributed by atoms with Gasteiger partial charge in [0.25, 0.3) is 5.91 Å². The van der Waals surface area contributed by atoms with Gasteiger partial charge < -0.3 is 16.0 Å². The first-order chi connectivity index (χ1) is 12.1. The van der Waals surface area contributed by atoms with E-state index in [0.717, 1.165) is 37.9 Å². The van der Waals surface area contributed by atoms with Crippen LogP contribution in [-0.4, -0.2) is 55.5 Å². The summed E-state index contributed by atoms with van der Waals surface area (Å²) in [6, 6.07) is 8.30. The molecule has 1 aromatic rings. The number of likely N-dealkylation sites (N-methyl/N-ethyl adjacent to an activating group) is 1. The molecule has 1 aromatic carbocycles. The van der Waals surface area contributed by atoms with E-state index in [9.17, 15) is 9.59 Å². The molecule has 6 nitrogen and oxygen atoms in total. The molecule has 3 N–H and O–H groups in total. The van der Waals surface area contributed by atoms with Gasteiger partial charge in [-0.25, -0.2) is 0 Å². The first-order valence-electron chi connectivity index (χ1n) is 9.20. The van der Waals surface area contributed by atoms with Crippen molar-refractivity contribution in [2.75, 3.05) is 26.7 Å². The van der Waals surface area contributed by atoms with Crippen LogP contribution in [0.25, 0.3) is 0 Å². The Hall–Kier alpha value is -1.63. The second kappa shape index (κ2) is 9.90. The van der Waals surface area contributed by atoms with Gasteiger partial charge in [0, 0.05) is 30.7 Å². The third-order valence-corrected chi connectivity index (χ3v) is 4.87. The van der Waals surface area contributed by atoms with E-state index in [1.807, 2.05) is 31.3 Å². The average Bonchev–Trinajstić information content (AvgIpc) is 3.44. The molecule has 1 atom stereocenters. The number of amides is 2. The molecule has 1 saturated heterocycles. The minimum atomic E-state index is -0.0258. The van der Waals surface area contributed by atoms with Crippen molar-refractivity contribution in [3.05, 3.63) is 35.4 Å². The van der Waals surface area contributed by atoms with Crippen LogP contribution in [0.4, 0.5) is 0 Å². The standard InChI is InChI=1S/C19H28N4O2.ClH/c1-20-17-6-3-9-23(12-17)13-18(24)21-11-14-4-2-5-15(10-14)19(25)22-16-7-8-16;/h2,4-5,10,16-17,20H,3,6-9,11-13H2,1H3,(H,21,24)(H,22,25);1H. The molecule has 1 heterocycles. The van der Waals surface area contributed by atoms with Crippen LogP contribution >= 0.6 is 12.4 Å². The molecule has 144 valence electrons. The third kappa shape index (κ3) is 6.27. The number of nitrogens with one attached hydrogen (secondary N) is 3. The number of carbonyl (C=O) groups excluding carboxylic acids is 2. The van der Waals surface area contributed by atoms with Crippen LogP contribution in [0.15, 0.2) is 24.3 Å². The Morgan fingerprint density at radius 2 is 2.00 bits per heavy atom. The van der Waals surface area contributed by atoms with Crippen LogP contribution in [0.2, 0.25) is 0 Å². The molecule has 1 aliphatic carbocycles. The molecule has 2 fully saturated rings. The number of hydrogen-bond acceptors (Lipinski definition) is 4. The molecule has 7 heteroatoms. The summed E-state index contributed by atoms with van der Waals surface area (Å²) in [5, 5.41) is 9.24. The summed E-state index contributed by atoms with van der Waals surface area (Å²) >= 11 is 0. The van der Waals surface area contributed by atoms with E-state index in [4.69, 9.17) is 0 Å². The first-order valence-corrected chi connectivity index (χ1v) is 9.20. The van der Waals surface area contributed by atoms with Crippen molar-refractivity contribution in [2.24, 2.45) is 0 Å². The van der Waals surface area contributed by atoms with E-state index in [-0.39, 0.29) is 24.2 Å². The number of hydrogen-bond donors (Lipinski definition) is 3. The number of rotatable bonds is 7. The Balaban J connectivity index is 0.00000243. The molecular weight excluding hydrogens is 352 g/mol. The van der Waals surface area contributed by atoms with Gasteiger partial charge in [0.2, 0.25) is 5.91 Å². The van der Waals surface area contributed by atoms with Gasteiger partial charge in [-0.15, -0.1) is 12.4 Å². The molecule has 1 aliphatic heterocycles. The highest BCUT2D eigenvalue weighted by molar-refractivity contribution is 5.94. The lowest BCUT2D eigenvalue weighted by Gasteiger charge is -2.31. The van der Waals surface area contributed by atoms with Gasteiger partial charge in [0.1, 0.15) is 0 Å². The zero-order valence-electron chi connectivity index (χ0n) is 15.3. The molecule has 1 unspecified atom stereocenters. The molecule has 0 bridgehead atoms. The Bertz CT molecular complexity index is 621. The van der Waals surface area contributed by atoms with E-state index in [0.29, 0.717) is 30.7 Å². The topological polar surface area (TPSA) is 73.5 Å². The summed E-state index contributed by atoms with van der Waals surface area (Å²) in [6.45, 7) is 2.77. The predicted octanol–water partition coefficient (Wildman–Crippen LogP) is 1.30. The van der Waals surface area contributed by atoms with Gasteiger partial charge in [-0.05, 0) is 57.0 Å². The van der Waals surface area contributed by atoms with Gasteiger partial charge >= 0.3 is 0 Å². The number of carbonyl (C=O) groups is 2. The fraction of sp³-hybridized carbons (Fsp3) is 0.579. The fourth-order valence-electron chi connectivity index (χ4n) is 3.21. The van der Waals surface area contributed by atoms with Crippen molar-refractivity contribution in [3.63, 3.8) is 0 Å². The molecule has 3 rings (SSSR count). The number of halogens is 1. The average molecular weight is 381 g/mol. The van der Waals surface area contributed by atoms with Crippen LogP contribution in [0.1, 0.15) is 41.6 Å². The fourth-order valence-corrected chi connectivity index (χ4v) is 3.21. The van der Waals surface area contributed by atoms with E-state index in [1.54, 1.807) is 0 Å². The maximum Gasteiger partial charge on any atom is 0.251 e. The summed E-state index contributed by atoms with van der Waals surface area (Å²) in [4.78, 5) is 26.5. The maximum absolute atomic E-state index is 12.2. The highest BCUT2D eigenvalue weighted by Gasteiger charge is 2.24. The molecule has 0 radical (unpaired) electrons. The summed E-state index contributed by atoms with van der Waals surface area (Å²) in [5.41, 5.74) is 1.61. The van der Waals surface area contributed by atoms with Gasteiger partial charge in [0.15, 0.2) is 0 Å². The second-order valence-corrected chi connectivity index (χ2v) is 7.09. The lowest BCUT2D eigenvalue weighted by molar-refractivity contribution is -0.122. The Morgan fingerprint density at radius 1 is 1.19 bits per heavy atom. The van der Waals surface area contributed by atoms with E-state index < -0.39 is 0 Å². The number of piperidine rings is 1. The van der Waals surface area contributed by atoms with Gasteiger partial charge in [-0.2, -0.15) is 0 Å². The maximum atomic E-state index is 12.2. The molecule has 2 aliphatic rings. The lowest BCUT2D eigenvalue weighted by Crippen LogP contribution is -2.47. The normalized spacial score (nSPS) is 20.1. The minimum Gasteiger partial charge on any atom is -0.351 e. The smallest absolute Gasteiger partial charge is 0.251 e. The van der Waals surface area contributed by atoms with Crippen molar-refractivity contribution in [1.29, 1.82) is 0 Å². The molecular formula is C19H29ClN4O2. The predicted molar refractivity (Wildman–Crippen MR) is 105 cm³/mol. The lowest BCUT2D eigenvalue weighted by atomic mass is 10.1. The number of likely N-dealkylation sites (tertiary alicyclic amines) is 1. The number of benzene rings is 1. The molecule has 26 heavy (non-hydrogen) atoms. The monoisotopic (exact) mass is 380 g/mol. The summed E-state index contributed by atoms with van der Waals surface area (Å²) in [5.74, 6) is 0.00619. The van der Waals surface area contributed by atoms with E-state index in [2.05, 4.69) is 20.9 Å². The van der Waals surface area contributed by atoms with E-state index >= 15 is 0 Å². The minimum absolute atomic E-state index is 0. The Kier molecular flexibility index (Phi) is 7.87. The van der Waals surface area contributed by atoms with Gasteiger partial charge in [-0.1, -0.05) is 12.1 Å². The van der Waals surface area contributed by atoms with Crippen LogP contribution < -0.4 is 16.0 Å². The molecule has 0 spiro atoms. The Morgan fingerprint density at radius 3 is 2.73 bits per heavy atom. The first kappa shape index (κ1) is 20.7. The quantitative estimate of drug-likeness (QED) is 0.666. The molecule has 1 saturated carbocycles. The molecule has 2 amide bonds. The van der Waals surface area contributed by atoms with Crippen LogP contribution in [-0.2, 0) is 11.3 Å².